The number of carbonyl (C=O) groups excluding carboxylic acids is 2. The molecule has 4 rings (SSSR count). The zero-order valence-electron chi connectivity index (χ0n) is 13.3. The van der Waals surface area contributed by atoms with Gasteiger partial charge >= 0.3 is 0 Å². The number of ether oxygens (including phenoxy) is 1. The number of nitrogens with zero attached hydrogens (tertiary/aromatic N) is 3. The minimum atomic E-state index is -0.356. The molecule has 0 saturated carbocycles. The van der Waals surface area contributed by atoms with Gasteiger partial charge < -0.3 is 10.1 Å². The Bertz CT molecular complexity index is 985. The highest BCUT2D eigenvalue weighted by Gasteiger charge is 2.22. The number of Topliss-reactive ketones (excluding diaryl/α,β-unsaturated/α-hetero) is 1. The van der Waals surface area contributed by atoms with E-state index in [0.717, 1.165) is 5.65 Å². The minimum absolute atomic E-state index is 0.00744. The average Bonchev–Trinajstić information content (AvgIpc) is 3.03. The molecule has 0 fully saturated rings. The lowest BCUT2D eigenvalue weighted by Gasteiger charge is -2.18. The molecule has 0 spiro atoms. The second-order valence-electron chi connectivity index (χ2n) is 5.58. The summed E-state index contributed by atoms with van der Waals surface area (Å²) in [6.45, 7) is 1.82. The van der Waals surface area contributed by atoms with Crippen molar-refractivity contribution in [1.82, 2.24) is 14.6 Å². The van der Waals surface area contributed by atoms with Crippen LogP contribution in [0.4, 0.5) is 5.69 Å². The Kier molecular flexibility index (Phi) is 3.89. The number of amides is 1. The largest absolute Gasteiger partial charge is 0.482 e. The van der Waals surface area contributed by atoms with Crippen LogP contribution in [0.15, 0.2) is 47.8 Å². The first kappa shape index (κ1) is 15.6. The third-order valence-corrected chi connectivity index (χ3v) is 4.89. The van der Waals surface area contributed by atoms with Crippen LogP contribution in [-0.4, -0.2) is 38.1 Å². The van der Waals surface area contributed by atoms with Gasteiger partial charge in [-0.3, -0.25) is 14.0 Å². The maximum atomic E-state index is 12.7. The van der Waals surface area contributed by atoms with Crippen molar-refractivity contribution in [1.29, 1.82) is 0 Å². The summed E-state index contributed by atoms with van der Waals surface area (Å²) in [6, 6.07) is 10.7. The van der Waals surface area contributed by atoms with Crippen LogP contribution >= 0.6 is 11.8 Å². The van der Waals surface area contributed by atoms with Crippen molar-refractivity contribution >= 4 is 34.8 Å². The molecule has 1 aliphatic heterocycles. The molecule has 3 aromatic rings. The molecule has 1 amide bonds. The predicted molar refractivity (Wildman–Crippen MR) is 93.2 cm³/mol. The van der Waals surface area contributed by atoms with Crippen LogP contribution in [0.3, 0.4) is 0 Å². The summed E-state index contributed by atoms with van der Waals surface area (Å²) in [6.07, 6.45) is 1.86. The van der Waals surface area contributed by atoms with Crippen LogP contribution in [0.25, 0.3) is 5.65 Å². The topological polar surface area (TPSA) is 85.6 Å². The fourth-order valence-corrected chi connectivity index (χ4v) is 3.50. The third kappa shape index (κ3) is 2.96. The molecule has 2 aromatic heterocycles. The van der Waals surface area contributed by atoms with Crippen LogP contribution in [0.2, 0.25) is 0 Å². The predicted octanol–water partition coefficient (Wildman–Crippen LogP) is 2.42. The van der Waals surface area contributed by atoms with Gasteiger partial charge in [-0.1, -0.05) is 17.8 Å². The van der Waals surface area contributed by atoms with Gasteiger partial charge in [0.1, 0.15) is 5.75 Å². The van der Waals surface area contributed by atoms with Gasteiger partial charge in [-0.05, 0) is 37.3 Å². The standard InChI is InChI=1S/C17H14N4O3S/c1-10(25-17-20-19-14-4-2-3-7-21(14)17)16(23)11-5-6-13-12(8-11)18-15(22)9-24-13/h2-8,10H,9H2,1H3,(H,18,22)/t10-/m0/s1. The van der Waals surface area contributed by atoms with Gasteiger partial charge in [-0.2, -0.15) is 0 Å². The molecule has 25 heavy (non-hydrogen) atoms. The van der Waals surface area contributed by atoms with Crippen molar-refractivity contribution in [3.05, 3.63) is 48.2 Å². The van der Waals surface area contributed by atoms with Gasteiger partial charge in [0.2, 0.25) is 0 Å². The lowest BCUT2D eigenvalue weighted by atomic mass is 10.1. The molecule has 126 valence electrons. The van der Waals surface area contributed by atoms with E-state index in [9.17, 15) is 9.59 Å². The third-order valence-electron chi connectivity index (χ3n) is 3.83. The molecule has 0 radical (unpaired) electrons. The van der Waals surface area contributed by atoms with Gasteiger partial charge in [0.25, 0.3) is 5.91 Å². The molecule has 3 heterocycles. The number of rotatable bonds is 4. The summed E-state index contributed by atoms with van der Waals surface area (Å²) in [5.74, 6) is 0.287. The highest BCUT2D eigenvalue weighted by Crippen LogP contribution is 2.31. The Morgan fingerprint density at radius 2 is 2.20 bits per heavy atom. The molecule has 0 aliphatic carbocycles. The van der Waals surface area contributed by atoms with Crippen molar-refractivity contribution in [3.8, 4) is 5.75 Å². The van der Waals surface area contributed by atoms with Gasteiger partial charge in [0.05, 0.1) is 10.9 Å². The van der Waals surface area contributed by atoms with Crippen LogP contribution in [-0.2, 0) is 4.79 Å². The number of carbonyl (C=O) groups is 2. The number of pyridine rings is 1. The van der Waals surface area contributed by atoms with Crippen LogP contribution in [0.5, 0.6) is 5.75 Å². The molecule has 1 aliphatic rings. The minimum Gasteiger partial charge on any atom is -0.482 e. The summed E-state index contributed by atoms with van der Waals surface area (Å²) < 4.78 is 7.16. The van der Waals surface area contributed by atoms with E-state index < -0.39 is 0 Å². The molecule has 7 nitrogen and oxygen atoms in total. The van der Waals surface area contributed by atoms with Crippen molar-refractivity contribution in [2.24, 2.45) is 0 Å². The van der Waals surface area contributed by atoms with E-state index in [0.29, 0.717) is 22.2 Å². The van der Waals surface area contributed by atoms with E-state index >= 15 is 0 Å². The monoisotopic (exact) mass is 354 g/mol. The number of aromatic nitrogens is 3. The number of thioether (sulfide) groups is 1. The average molecular weight is 354 g/mol. The Morgan fingerprint density at radius 3 is 3.08 bits per heavy atom. The SMILES string of the molecule is C[C@H](Sc1nnc2ccccn12)C(=O)c1ccc2c(c1)NC(=O)CO2. The van der Waals surface area contributed by atoms with Crippen LogP contribution in [0, 0.1) is 0 Å². The molecule has 1 aromatic carbocycles. The number of fused-ring (bicyclic) bond motifs is 2. The van der Waals surface area contributed by atoms with E-state index in [1.54, 1.807) is 18.2 Å². The van der Waals surface area contributed by atoms with Crippen molar-refractivity contribution in [2.75, 3.05) is 11.9 Å². The summed E-state index contributed by atoms with van der Waals surface area (Å²) in [5, 5.41) is 11.2. The van der Waals surface area contributed by atoms with Crippen molar-refractivity contribution in [2.45, 2.75) is 17.3 Å². The lowest BCUT2D eigenvalue weighted by molar-refractivity contribution is -0.118. The van der Waals surface area contributed by atoms with Crippen LogP contribution in [0.1, 0.15) is 17.3 Å². The molecule has 8 heteroatoms. The number of ketones is 1. The van der Waals surface area contributed by atoms with Gasteiger partial charge in [-0.15, -0.1) is 10.2 Å². The maximum Gasteiger partial charge on any atom is 0.262 e. The lowest BCUT2D eigenvalue weighted by Crippen LogP contribution is -2.25. The van der Waals surface area contributed by atoms with E-state index in [1.807, 2.05) is 35.7 Å². The molecular weight excluding hydrogens is 340 g/mol. The van der Waals surface area contributed by atoms with Crippen molar-refractivity contribution in [3.63, 3.8) is 0 Å². The Balaban J connectivity index is 1.56. The fourth-order valence-electron chi connectivity index (χ4n) is 2.58. The first-order valence-electron chi connectivity index (χ1n) is 7.69. The van der Waals surface area contributed by atoms with E-state index in [-0.39, 0.29) is 23.5 Å². The second kappa shape index (κ2) is 6.21. The quantitative estimate of drug-likeness (QED) is 0.572. The Morgan fingerprint density at radius 1 is 1.32 bits per heavy atom. The Hall–Kier alpha value is -2.87. The number of hydrogen-bond acceptors (Lipinski definition) is 6. The zero-order chi connectivity index (χ0) is 17.4. The zero-order valence-corrected chi connectivity index (χ0v) is 14.1. The molecule has 1 atom stereocenters. The van der Waals surface area contributed by atoms with Gasteiger partial charge in [0.15, 0.2) is 23.2 Å². The molecule has 1 N–H and O–H groups in total. The summed E-state index contributed by atoms with van der Waals surface area (Å²) in [7, 11) is 0. The van der Waals surface area contributed by atoms with E-state index in [1.165, 1.54) is 11.8 Å². The second-order valence-corrected chi connectivity index (χ2v) is 6.89. The molecule has 0 bridgehead atoms. The normalized spacial score (nSPS) is 14.5. The molecule has 0 saturated heterocycles. The van der Waals surface area contributed by atoms with Crippen molar-refractivity contribution < 1.29 is 14.3 Å². The highest BCUT2D eigenvalue weighted by molar-refractivity contribution is 8.00. The number of nitrogens with one attached hydrogen (secondary N) is 1. The number of hydrogen-bond donors (Lipinski definition) is 1. The maximum absolute atomic E-state index is 12.7. The summed E-state index contributed by atoms with van der Waals surface area (Å²) in [5.41, 5.74) is 1.77. The number of benzene rings is 1. The number of anilines is 1. The van der Waals surface area contributed by atoms with Crippen LogP contribution < -0.4 is 10.1 Å². The summed E-state index contributed by atoms with van der Waals surface area (Å²) in [4.78, 5) is 24.2. The smallest absolute Gasteiger partial charge is 0.262 e. The van der Waals surface area contributed by atoms with E-state index in [2.05, 4.69) is 15.5 Å². The highest BCUT2D eigenvalue weighted by atomic mass is 32.2. The molecular formula is C17H14N4O3S. The first-order valence-corrected chi connectivity index (χ1v) is 8.57. The summed E-state index contributed by atoms with van der Waals surface area (Å²) >= 11 is 1.34. The van der Waals surface area contributed by atoms with E-state index in [4.69, 9.17) is 4.74 Å². The molecule has 0 unspecified atom stereocenters. The van der Waals surface area contributed by atoms with Gasteiger partial charge in [-0.25, -0.2) is 0 Å². The van der Waals surface area contributed by atoms with Gasteiger partial charge in [0, 0.05) is 11.8 Å². The Labute approximate surface area is 147 Å². The fraction of sp³-hybridized carbons (Fsp3) is 0.176. The first-order chi connectivity index (χ1) is 12.1.